The Morgan fingerprint density at radius 3 is 2.30 bits per heavy atom. The minimum Gasteiger partial charge on any atom is -0.326 e. The number of rotatable bonds is 3. The Morgan fingerprint density at radius 1 is 1.07 bits per heavy atom. The molecule has 1 aliphatic heterocycles. The van der Waals surface area contributed by atoms with Crippen LogP contribution in [-0.4, -0.2) is 22.6 Å². The highest BCUT2D eigenvalue weighted by molar-refractivity contribution is 5.61. The molecule has 1 aromatic carbocycles. The Morgan fingerprint density at radius 2 is 1.74 bits per heavy atom. The Balaban J connectivity index is 2.02. The molecule has 0 radical (unpaired) electrons. The average Bonchev–Trinajstić information content (AvgIpc) is 3.03. The van der Waals surface area contributed by atoms with Crippen molar-refractivity contribution in [2.45, 2.75) is 18.9 Å². The number of halogens is 6. The first kappa shape index (κ1) is 18.9. The molecule has 1 aliphatic rings. The molecule has 12 heteroatoms. The van der Waals surface area contributed by atoms with Gasteiger partial charge in [-0.2, -0.15) is 26.3 Å². The van der Waals surface area contributed by atoms with E-state index >= 15 is 0 Å². The summed E-state index contributed by atoms with van der Waals surface area (Å²) in [5, 5.41) is 3.41. The van der Waals surface area contributed by atoms with Crippen molar-refractivity contribution in [3.63, 3.8) is 0 Å². The smallest absolute Gasteiger partial charge is 0.326 e. The number of fused-ring (bicyclic) bond motifs is 1. The lowest BCUT2D eigenvalue weighted by Crippen LogP contribution is -2.37. The maximum atomic E-state index is 13.2. The lowest BCUT2D eigenvalue weighted by molar-refractivity contribution is -0.147. The van der Waals surface area contributed by atoms with Gasteiger partial charge in [-0.1, -0.05) is 5.11 Å². The van der Waals surface area contributed by atoms with Crippen molar-refractivity contribution in [1.29, 1.82) is 0 Å². The van der Waals surface area contributed by atoms with Gasteiger partial charge in [-0.05, 0) is 29.8 Å². The molecule has 27 heavy (non-hydrogen) atoms. The van der Waals surface area contributed by atoms with Crippen molar-refractivity contribution in [1.82, 2.24) is 9.55 Å². The third-order valence-corrected chi connectivity index (χ3v) is 4.16. The predicted molar refractivity (Wildman–Crippen MR) is 83.2 cm³/mol. The van der Waals surface area contributed by atoms with E-state index in [1.807, 2.05) is 0 Å². The number of benzene rings is 1. The fourth-order valence-electron chi connectivity index (χ4n) is 2.99. The number of hydrogen-bond donors (Lipinski definition) is 0. The van der Waals surface area contributed by atoms with Gasteiger partial charge in [0.05, 0.1) is 11.8 Å². The van der Waals surface area contributed by atoms with Crippen molar-refractivity contribution < 1.29 is 26.3 Å². The summed E-state index contributed by atoms with van der Waals surface area (Å²) < 4.78 is 78.7. The number of alkyl halides is 6. The number of azide groups is 1. The van der Waals surface area contributed by atoms with E-state index in [-0.39, 0.29) is 31.1 Å². The molecule has 0 saturated carbocycles. The predicted octanol–water partition coefficient (Wildman–Crippen LogP) is 5.00. The van der Waals surface area contributed by atoms with Crippen LogP contribution in [0.5, 0.6) is 0 Å². The third kappa shape index (κ3) is 3.80. The molecule has 1 aromatic heterocycles. The van der Waals surface area contributed by atoms with Gasteiger partial charge in [0.25, 0.3) is 0 Å². The second-order valence-electron chi connectivity index (χ2n) is 5.98. The summed E-state index contributed by atoms with van der Waals surface area (Å²) in [6.45, 7) is 0.0518. The van der Waals surface area contributed by atoms with Crippen LogP contribution in [0.25, 0.3) is 10.4 Å². The fourth-order valence-corrected chi connectivity index (χ4v) is 2.99. The standard InChI is InChI=1S/C15H12F6N6/c16-14(17,18)10-1-3-11(4-2-10)26-7-9(5-24-25-22)8-27-12(26)6-23-13(27)15(19,20)21/h1-4,6,9H,5,7-8H2. The molecule has 0 saturated heterocycles. The number of aromatic nitrogens is 2. The maximum absolute atomic E-state index is 13.2. The summed E-state index contributed by atoms with van der Waals surface area (Å²) in [7, 11) is 0. The van der Waals surface area contributed by atoms with Gasteiger partial charge in [-0.3, -0.25) is 0 Å². The van der Waals surface area contributed by atoms with Crippen LogP contribution in [0.4, 0.5) is 37.8 Å². The quantitative estimate of drug-likeness (QED) is 0.320. The van der Waals surface area contributed by atoms with Gasteiger partial charge in [0, 0.05) is 36.2 Å². The van der Waals surface area contributed by atoms with Crippen LogP contribution < -0.4 is 4.90 Å². The molecule has 2 aromatic rings. The normalized spacial score (nSPS) is 17.4. The molecule has 0 amide bonds. The second kappa shape index (κ2) is 6.69. The van der Waals surface area contributed by atoms with E-state index in [4.69, 9.17) is 5.53 Å². The molecule has 1 atom stereocenters. The van der Waals surface area contributed by atoms with E-state index in [0.29, 0.717) is 0 Å². The van der Waals surface area contributed by atoms with Crippen molar-refractivity contribution in [3.8, 4) is 0 Å². The van der Waals surface area contributed by atoms with E-state index < -0.39 is 29.7 Å². The van der Waals surface area contributed by atoms with Gasteiger partial charge in [0.1, 0.15) is 5.82 Å². The van der Waals surface area contributed by atoms with E-state index in [9.17, 15) is 26.3 Å². The van der Waals surface area contributed by atoms with Gasteiger partial charge >= 0.3 is 12.4 Å². The molecule has 0 aliphatic carbocycles. The molecule has 6 nitrogen and oxygen atoms in total. The molecule has 3 rings (SSSR count). The monoisotopic (exact) mass is 390 g/mol. The van der Waals surface area contributed by atoms with Crippen molar-refractivity contribution in [3.05, 3.63) is 52.3 Å². The fraction of sp³-hybridized carbons (Fsp3) is 0.400. The molecule has 0 N–H and O–H groups in total. The van der Waals surface area contributed by atoms with E-state index in [1.165, 1.54) is 17.0 Å². The number of imidazole rings is 1. The van der Waals surface area contributed by atoms with E-state index in [1.54, 1.807) is 0 Å². The van der Waals surface area contributed by atoms with Crippen LogP contribution in [0, 0.1) is 5.92 Å². The minimum absolute atomic E-state index is 0.0530. The summed E-state index contributed by atoms with van der Waals surface area (Å²) in [5.74, 6) is -1.47. The second-order valence-corrected chi connectivity index (χ2v) is 5.98. The molecule has 2 heterocycles. The Kier molecular flexibility index (Phi) is 4.68. The molecule has 0 fully saturated rings. The molecule has 0 spiro atoms. The van der Waals surface area contributed by atoms with Crippen LogP contribution in [0.3, 0.4) is 0 Å². The number of anilines is 2. The van der Waals surface area contributed by atoms with Crippen molar-refractivity contribution in [2.24, 2.45) is 11.0 Å². The van der Waals surface area contributed by atoms with E-state index in [0.717, 1.165) is 22.9 Å². The van der Waals surface area contributed by atoms with Gasteiger partial charge in [-0.25, -0.2) is 4.98 Å². The highest BCUT2D eigenvalue weighted by Gasteiger charge is 2.40. The molecule has 144 valence electrons. The third-order valence-electron chi connectivity index (χ3n) is 4.16. The SMILES string of the molecule is [N-]=[N+]=NCC1CN(c2ccc(C(F)(F)F)cc2)c2cnc(C(F)(F)F)n2C1. The van der Waals surface area contributed by atoms with Crippen LogP contribution in [-0.2, 0) is 18.9 Å². The molecule has 0 bridgehead atoms. The number of hydrogen-bond acceptors (Lipinski definition) is 3. The largest absolute Gasteiger partial charge is 0.449 e. The highest BCUT2D eigenvalue weighted by Crippen LogP contribution is 2.38. The Hall–Kier alpha value is -2.88. The van der Waals surface area contributed by atoms with Gasteiger partial charge in [-0.15, -0.1) is 0 Å². The molecular weight excluding hydrogens is 378 g/mol. The zero-order valence-electron chi connectivity index (χ0n) is 13.5. The van der Waals surface area contributed by atoms with Crippen molar-refractivity contribution in [2.75, 3.05) is 18.0 Å². The Labute approximate surface area is 148 Å². The van der Waals surface area contributed by atoms with Gasteiger partial charge in [0.2, 0.25) is 5.82 Å². The molecule has 1 unspecified atom stereocenters. The first-order valence-corrected chi connectivity index (χ1v) is 7.69. The van der Waals surface area contributed by atoms with Crippen LogP contribution >= 0.6 is 0 Å². The van der Waals surface area contributed by atoms with Crippen LogP contribution in [0.2, 0.25) is 0 Å². The Bertz CT molecular complexity index is 862. The van der Waals surface area contributed by atoms with Crippen LogP contribution in [0.15, 0.2) is 35.6 Å². The average molecular weight is 390 g/mol. The summed E-state index contributed by atoms with van der Waals surface area (Å²) in [4.78, 5) is 7.48. The number of nitrogens with zero attached hydrogens (tertiary/aromatic N) is 6. The van der Waals surface area contributed by atoms with Crippen molar-refractivity contribution >= 4 is 11.5 Å². The van der Waals surface area contributed by atoms with Crippen LogP contribution in [0.1, 0.15) is 11.4 Å². The summed E-state index contributed by atoms with van der Waals surface area (Å²) in [6, 6.07) is 4.09. The summed E-state index contributed by atoms with van der Waals surface area (Å²) in [6.07, 6.45) is -8.18. The molecular formula is C15H12F6N6. The highest BCUT2D eigenvalue weighted by atomic mass is 19.4. The summed E-state index contributed by atoms with van der Waals surface area (Å²) >= 11 is 0. The lowest BCUT2D eigenvalue weighted by Gasteiger charge is -2.35. The van der Waals surface area contributed by atoms with Gasteiger partial charge < -0.3 is 9.47 Å². The topological polar surface area (TPSA) is 69.8 Å². The van der Waals surface area contributed by atoms with E-state index in [2.05, 4.69) is 15.0 Å². The zero-order valence-corrected chi connectivity index (χ0v) is 13.5. The first-order chi connectivity index (χ1) is 12.6. The first-order valence-electron chi connectivity index (χ1n) is 7.69. The summed E-state index contributed by atoms with van der Waals surface area (Å²) in [5.41, 5.74) is 7.88. The zero-order chi connectivity index (χ0) is 19.8. The minimum atomic E-state index is -4.69. The van der Waals surface area contributed by atoms with Gasteiger partial charge in [0.15, 0.2) is 0 Å². The lowest BCUT2D eigenvalue weighted by atomic mass is 10.1. The maximum Gasteiger partial charge on any atom is 0.449 e.